The zero-order valence-electron chi connectivity index (χ0n) is 14.9. The molecule has 0 spiro atoms. The van der Waals surface area contributed by atoms with Gasteiger partial charge in [0.2, 0.25) is 0 Å². The molecule has 0 amide bonds. The first-order valence-electron chi connectivity index (χ1n) is 8.32. The number of para-hydroxylation sites is 1. The van der Waals surface area contributed by atoms with E-state index in [2.05, 4.69) is 5.10 Å². The van der Waals surface area contributed by atoms with E-state index >= 15 is 0 Å². The predicted molar refractivity (Wildman–Crippen MR) is 101 cm³/mol. The molecule has 27 heavy (non-hydrogen) atoms. The Hall–Kier alpha value is -3.06. The molecule has 138 valence electrons. The first-order chi connectivity index (χ1) is 13.2. The van der Waals surface area contributed by atoms with Crippen LogP contribution in [0.15, 0.2) is 70.5 Å². The van der Waals surface area contributed by atoms with E-state index in [0.29, 0.717) is 10.6 Å². The Morgan fingerprint density at radius 1 is 1.00 bits per heavy atom. The van der Waals surface area contributed by atoms with Gasteiger partial charge in [-0.05, 0) is 31.2 Å². The smallest absolute Gasteiger partial charge is 0.359 e. The summed E-state index contributed by atoms with van der Waals surface area (Å²) in [5, 5.41) is 4.37. The molecule has 3 rings (SSSR count). The van der Waals surface area contributed by atoms with Gasteiger partial charge in [-0.1, -0.05) is 48.2 Å². The molecule has 0 atom stereocenters. The van der Waals surface area contributed by atoms with E-state index in [0.717, 1.165) is 4.90 Å². The minimum absolute atomic E-state index is 0.0678. The number of ether oxygens (including phenoxy) is 2. The number of aromatic nitrogens is 2. The van der Waals surface area contributed by atoms with Crippen molar-refractivity contribution >= 4 is 23.7 Å². The summed E-state index contributed by atoms with van der Waals surface area (Å²) in [5.74, 6) is -1.17. The van der Waals surface area contributed by atoms with Gasteiger partial charge in [-0.3, -0.25) is 0 Å². The fourth-order valence-electron chi connectivity index (χ4n) is 2.47. The number of esters is 2. The van der Waals surface area contributed by atoms with Gasteiger partial charge in [0, 0.05) is 4.90 Å². The Labute approximate surface area is 161 Å². The Balaban J connectivity index is 2.22. The van der Waals surface area contributed by atoms with Gasteiger partial charge in [-0.25, -0.2) is 14.3 Å². The minimum atomic E-state index is -0.617. The third kappa shape index (κ3) is 4.03. The number of hydrogen-bond donors (Lipinski definition) is 0. The van der Waals surface area contributed by atoms with Gasteiger partial charge in [-0.15, -0.1) is 0 Å². The third-order valence-corrected chi connectivity index (χ3v) is 4.75. The average molecular weight is 382 g/mol. The summed E-state index contributed by atoms with van der Waals surface area (Å²) < 4.78 is 11.5. The van der Waals surface area contributed by atoms with Gasteiger partial charge < -0.3 is 9.47 Å². The number of benzene rings is 2. The first kappa shape index (κ1) is 18.7. The second kappa shape index (κ2) is 8.55. The van der Waals surface area contributed by atoms with E-state index in [-0.39, 0.29) is 18.0 Å². The van der Waals surface area contributed by atoms with Gasteiger partial charge in [-0.2, -0.15) is 5.10 Å². The summed E-state index contributed by atoms with van der Waals surface area (Å²) in [4.78, 5) is 26.3. The SMILES string of the molecule is CCOC(=O)c1c(Sc2ccccc2)c(C(=O)OC)nn1-c1ccccc1. The molecule has 0 aliphatic carbocycles. The van der Waals surface area contributed by atoms with Crippen LogP contribution < -0.4 is 0 Å². The highest BCUT2D eigenvalue weighted by molar-refractivity contribution is 7.99. The lowest BCUT2D eigenvalue weighted by molar-refractivity contribution is 0.0511. The molecule has 0 aliphatic heterocycles. The molecule has 0 bridgehead atoms. The highest BCUT2D eigenvalue weighted by Gasteiger charge is 2.30. The van der Waals surface area contributed by atoms with Crippen LogP contribution in [0.3, 0.4) is 0 Å². The average Bonchev–Trinajstić information content (AvgIpc) is 3.08. The fourth-order valence-corrected chi connectivity index (χ4v) is 3.49. The molecule has 0 saturated carbocycles. The van der Waals surface area contributed by atoms with Gasteiger partial charge >= 0.3 is 11.9 Å². The highest BCUT2D eigenvalue weighted by atomic mass is 32.2. The molecule has 0 saturated heterocycles. The van der Waals surface area contributed by atoms with Crippen molar-refractivity contribution in [1.82, 2.24) is 9.78 Å². The van der Waals surface area contributed by atoms with Crippen LogP contribution in [0.4, 0.5) is 0 Å². The maximum absolute atomic E-state index is 12.7. The van der Waals surface area contributed by atoms with Crippen molar-refractivity contribution in [2.75, 3.05) is 13.7 Å². The van der Waals surface area contributed by atoms with Crippen molar-refractivity contribution in [1.29, 1.82) is 0 Å². The number of nitrogens with zero attached hydrogens (tertiary/aromatic N) is 2. The number of rotatable bonds is 6. The molecule has 1 heterocycles. The zero-order chi connectivity index (χ0) is 19.2. The summed E-state index contributed by atoms with van der Waals surface area (Å²) in [7, 11) is 1.28. The van der Waals surface area contributed by atoms with Crippen LogP contribution >= 0.6 is 11.8 Å². The molecule has 0 radical (unpaired) electrons. The molecule has 1 aromatic heterocycles. The van der Waals surface area contributed by atoms with Gasteiger partial charge in [0.05, 0.1) is 24.3 Å². The standard InChI is InChI=1S/C20H18N2O4S/c1-3-26-20(24)17-18(27-15-12-8-5-9-13-15)16(19(23)25-2)21-22(17)14-10-6-4-7-11-14/h4-13H,3H2,1-2H3. The normalized spacial score (nSPS) is 10.4. The topological polar surface area (TPSA) is 70.4 Å². The van der Waals surface area contributed by atoms with E-state index in [1.54, 1.807) is 19.1 Å². The van der Waals surface area contributed by atoms with Crippen LogP contribution in [-0.4, -0.2) is 35.4 Å². The highest BCUT2D eigenvalue weighted by Crippen LogP contribution is 2.35. The number of hydrogen-bond acceptors (Lipinski definition) is 6. The van der Waals surface area contributed by atoms with Crippen LogP contribution in [0.1, 0.15) is 27.9 Å². The summed E-state index contributed by atoms with van der Waals surface area (Å²) in [6.07, 6.45) is 0. The quantitative estimate of drug-likeness (QED) is 0.601. The summed E-state index contributed by atoms with van der Waals surface area (Å²) in [6, 6.07) is 18.5. The zero-order valence-corrected chi connectivity index (χ0v) is 15.7. The van der Waals surface area contributed by atoms with Crippen LogP contribution in [0.25, 0.3) is 5.69 Å². The van der Waals surface area contributed by atoms with Crippen molar-refractivity contribution in [2.24, 2.45) is 0 Å². The molecule has 3 aromatic rings. The minimum Gasteiger partial charge on any atom is -0.464 e. The van der Waals surface area contributed by atoms with Crippen molar-refractivity contribution in [3.63, 3.8) is 0 Å². The lowest BCUT2D eigenvalue weighted by Gasteiger charge is -2.09. The van der Waals surface area contributed by atoms with Crippen molar-refractivity contribution in [3.8, 4) is 5.69 Å². The van der Waals surface area contributed by atoms with E-state index in [1.807, 2.05) is 48.5 Å². The maximum Gasteiger partial charge on any atom is 0.359 e. The summed E-state index contributed by atoms with van der Waals surface area (Å²) >= 11 is 1.27. The predicted octanol–water partition coefficient (Wildman–Crippen LogP) is 3.99. The number of carbonyl (C=O) groups excluding carboxylic acids is 2. The van der Waals surface area contributed by atoms with Gasteiger partial charge in [0.15, 0.2) is 11.4 Å². The Kier molecular flexibility index (Phi) is 5.93. The molecule has 2 aromatic carbocycles. The van der Waals surface area contributed by atoms with Crippen LogP contribution in [-0.2, 0) is 9.47 Å². The molecule has 0 aliphatic rings. The van der Waals surface area contributed by atoms with E-state index in [4.69, 9.17) is 9.47 Å². The molecule has 7 heteroatoms. The molecule has 0 fully saturated rings. The monoisotopic (exact) mass is 382 g/mol. The van der Waals surface area contributed by atoms with Crippen LogP contribution in [0, 0.1) is 0 Å². The van der Waals surface area contributed by atoms with Crippen molar-refractivity contribution in [3.05, 3.63) is 72.1 Å². The van der Waals surface area contributed by atoms with Gasteiger partial charge in [0.25, 0.3) is 0 Å². The molecule has 0 N–H and O–H groups in total. The lowest BCUT2D eigenvalue weighted by Crippen LogP contribution is -2.12. The van der Waals surface area contributed by atoms with Crippen LogP contribution in [0.5, 0.6) is 0 Å². The molecule has 0 unspecified atom stereocenters. The summed E-state index contributed by atoms with van der Waals surface area (Å²) in [6.45, 7) is 1.94. The first-order valence-corrected chi connectivity index (χ1v) is 9.14. The largest absolute Gasteiger partial charge is 0.464 e. The maximum atomic E-state index is 12.7. The second-order valence-corrected chi connectivity index (χ2v) is 6.48. The van der Waals surface area contributed by atoms with Crippen molar-refractivity contribution < 1.29 is 19.1 Å². The second-order valence-electron chi connectivity index (χ2n) is 5.40. The van der Waals surface area contributed by atoms with E-state index in [1.165, 1.54) is 23.6 Å². The Bertz CT molecular complexity index is 939. The fraction of sp³-hybridized carbons (Fsp3) is 0.150. The van der Waals surface area contributed by atoms with E-state index in [9.17, 15) is 9.59 Å². The van der Waals surface area contributed by atoms with E-state index < -0.39 is 11.9 Å². The Morgan fingerprint density at radius 2 is 1.63 bits per heavy atom. The third-order valence-electron chi connectivity index (χ3n) is 3.65. The van der Waals surface area contributed by atoms with Crippen LogP contribution in [0.2, 0.25) is 0 Å². The molecular formula is C20H18N2O4S. The molecule has 6 nitrogen and oxygen atoms in total. The van der Waals surface area contributed by atoms with Gasteiger partial charge in [0.1, 0.15) is 0 Å². The van der Waals surface area contributed by atoms with Crippen molar-refractivity contribution in [2.45, 2.75) is 16.7 Å². The number of carbonyl (C=O) groups is 2. The lowest BCUT2D eigenvalue weighted by atomic mass is 10.3. The summed E-state index contributed by atoms with van der Waals surface area (Å²) in [5.41, 5.74) is 0.904. The number of methoxy groups -OCH3 is 1. The Morgan fingerprint density at radius 3 is 2.22 bits per heavy atom. The molecular weight excluding hydrogens is 364 g/mol.